The predicted octanol–water partition coefficient (Wildman–Crippen LogP) is 2.77. The lowest BCUT2D eigenvalue weighted by molar-refractivity contribution is -0.125. The molecule has 0 aromatic heterocycles. The minimum atomic E-state index is -0.623. The Balaban J connectivity index is 2.15. The van der Waals surface area contributed by atoms with Crippen molar-refractivity contribution in [3.8, 4) is 0 Å². The maximum atomic E-state index is 12.7. The zero-order chi connectivity index (χ0) is 17.1. The molecule has 0 bridgehead atoms. The van der Waals surface area contributed by atoms with Crippen LogP contribution in [0.4, 0.5) is 0 Å². The lowest BCUT2D eigenvalue weighted by atomic mass is 9.86. The number of hydrogen-bond donors (Lipinski definition) is 1. The van der Waals surface area contributed by atoms with Crippen molar-refractivity contribution in [2.24, 2.45) is 5.92 Å². The molecule has 1 aliphatic carbocycles. The van der Waals surface area contributed by atoms with Crippen LogP contribution in [-0.4, -0.2) is 24.0 Å². The fraction of sp³-hybridized carbons (Fsp3) is 0.526. The van der Waals surface area contributed by atoms with E-state index in [2.05, 4.69) is 5.32 Å². The van der Waals surface area contributed by atoms with Crippen LogP contribution in [-0.2, 0) is 14.4 Å². The molecule has 1 amide bonds. The van der Waals surface area contributed by atoms with E-state index in [4.69, 9.17) is 0 Å². The minimum absolute atomic E-state index is 0.0100. The number of ketones is 2. The van der Waals surface area contributed by atoms with Gasteiger partial charge in [-0.3, -0.25) is 14.4 Å². The first-order valence-corrected chi connectivity index (χ1v) is 8.26. The molecule has 1 fully saturated rings. The van der Waals surface area contributed by atoms with Gasteiger partial charge in [0.05, 0.1) is 0 Å². The van der Waals surface area contributed by atoms with Gasteiger partial charge in [0.15, 0.2) is 5.78 Å². The number of carbonyl (C=O) groups excluding carboxylic acids is 3. The van der Waals surface area contributed by atoms with Gasteiger partial charge < -0.3 is 5.32 Å². The Morgan fingerprint density at radius 3 is 2.35 bits per heavy atom. The van der Waals surface area contributed by atoms with E-state index in [-0.39, 0.29) is 29.8 Å². The Bertz CT molecular complexity index is 625. The molecular formula is C19H25NO3. The second-order valence-corrected chi connectivity index (χ2v) is 6.51. The first-order chi connectivity index (χ1) is 10.8. The Morgan fingerprint density at radius 2 is 1.78 bits per heavy atom. The van der Waals surface area contributed by atoms with Gasteiger partial charge in [0.2, 0.25) is 5.91 Å². The molecule has 1 aromatic rings. The quantitative estimate of drug-likeness (QED) is 0.850. The van der Waals surface area contributed by atoms with Crippen molar-refractivity contribution in [3.05, 3.63) is 34.4 Å². The number of rotatable bonds is 5. The molecule has 2 rings (SSSR count). The highest BCUT2D eigenvalue weighted by atomic mass is 16.2. The second-order valence-electron chi connectivity index (χ2n) is 6.51. The first kappa shape index (κ1) is 17.4. The summed E-state index contributed by atoms with van der Waals surface area (Å²) in [5, 5.41) is 2.78. The van der Waals surface area contributed by atoms with Crippen molar-refractivity contribution in [3.63, 3.8) is 0 Å². The molecule has 0 aliphatic heterocycles. The largest absolute Gasteiger partial charge is 0.356 e. The lowest BCUT2D eigenvalue weighted by Crippen LogP contribution is -2.26. The molecule has 2 unspecified atom stereocenters. The van der Waals surface area contributed by atoms with Crippen LogP contribution in [0.5, 0.6) is 0 Å². The number of aryl methyl sites for hydroxylation is 3. The average molecular weight is 315 g/mol. The summed E-state index contributed by atoms with van der Waals surface area (Å²) >= 11 is 0. The molecule has 1 aliphatic rings. The molecular weight excluding hydrogens is 290 g/mol. The molecule has 23 heavy (non-hydrogen) atoms. The Labute approximate surface area is 137 Å². The van der Waals surface area contributed by atoms with E-state index in [1.807, 2.05) is 32.9 Å². The third-order valence-electron chi connectivity index (χ3n) is 4.62. The topological polar surface area (TPSA) is 63.2 Å². The standard InChI is InChI=1S/C19H25NO3/c1-5-16(22)20-7-6-14-10-15(21)18(19(14)23)17-12(3)8-11(2)9-13(17)4/h8-9,14,18H,5-7,10H2,1-4H3,(H,20,22). The summed E-state index contributed by atoms with van der Waals surface area (Å²) in [4.78, 5) is 36.4. The Morgan fingerprint density at radius 1 is 1.17 bits per heavy atom. The third-order valence-corrected chi connectivity index (χ3v) is 4.62. The van der Waals surface area contributed by atoms with Gasteiger partial charge in [-0.1, -0.05) is 24.6 Å². The number of nitrogens with one attached hydrogen (secondary N) is 1. The van der Waals surface area contributed by atoms with Gasteiger partial charge >= 0.3 is 0 Å². The van der Waals surface area contributed by atoms with Crippen molar-refractivity contribution < 1.29 is 14.4 Å². The zero-order valence-electron chi connectivity index (χ0n) is 14.4. The fourth-order valence-electron chi connectivity index (χ4n) is 3.56. The van der Waals surface area contributed by atoms with E-state index in [1.54, 1.807) is 6.92 Å². The highest BCUT2D eigenvalue weighted by molar-refractivity contribution is 6.15. The number of benzene rings is 1. The van der Waals surface area contributed by atoms with Crippen molar-refractivity contribution >= 4 is 17.5 Å². The van der Waals surface area contributed by atoms with Crippen molar-refractivity contribution in [1.82, 2.24) is 5.32 Å². The highest BCUT2D eigenvalue weighted by Gasteiger charge is 2.42. The summed E-state index contributed by atoms with van der Waals surface area (Å²) < 4.78 is 0. The molecule has 124 valence electrons. The number of hydrogen-bond acceptors (Lipinski definition) is 3. The number of Topliss-reactive ketones (excluding diaryl/α,β-unsaturated/α-hetero) is 2. The molecule has 0 spiro atoms. The van der Waals surface area contributed by atoms with E-state index in [0.717, 1.165) is 22.3 Å². The zero-order valence-corrected chi connectivity index (χ0v) is 14.4. The summed E-state index contributed by atoms with van der Waals surface area (Å²) in [7, 11) is 0. The second kappa shape index (κ2) is 7.07. The maximum absolute atomic E-state index is 12.7. The summed E-state index contributed by atoms with van der Waals surface area (Å²) in [6.45, 7) is 8.18. The van der Waals surface area contributed by atoms with Gasteiger partial charge in [-0.15, -0.1) is 0 Å². The molecule has 2 atom stereocenters. The van der Waals surface area contributed by atoms with Gasteiger partial charge in [-0.05, 0) is 43.9 Å². The van der Waals surface area contributed by atoms with Crippen LogP contribution in [0.3, 0.4) is 0 Å². The van der Waals surface area contributed by atoms with E-state index in [1.165, 1.54) is 0 Å². The summed E-state index contributed by atoms with van der Waals surface area (Å²) in [5.41, 5.74) is 4.04. The highest BCUT2D eigenvalue weighted by Crippen LogP contribution is 2.37. The monoisotopic (exact) mass is 315 g/mol. The normalized spacial score (nSPS) is 20.9. The van der Waals surface area contributed by atoms with Gasteiger partial charge in [0.25, 0.3) is 0 Å². The summed E-state index contributed by atoms with van der Waals surface area (Å²) in [6, 6.07) is 4.05. The molecule has 1 N–H and O–H groups in total. The third kappa shape index (κ3) is 3.69. The van der Waals surface area contributed by atoms with E-state index < -0.39 is 5.92 Å². The summed E-state index contributed by atoms with van der Waals surface area (Å²) in [5.74, 6) is -0.900. The van der Waals surface area contributed by atoms with E-state index in [9.17, 15) is 14.4 Å². The molecule has 1 aromatic carbocycles. The smallest absolute Gasteiger partial charge is 0.219 e. The molecule has 0 saturated heterocycles. The van der Waals surface area contributed by atoms with Crippen LogP contribution < -0.4 is 5.32 Å². The van der Waals surface area contributed by atoms with Crippen LogP contribution in [0.25, 0.3) is 0 Å². The number of carbonyl (C=O) groups is 3. The van der Waals surface area contributed by atoms with Crippen LogP contribution in [0, 0.1) is 26.7 Å². The maximum Gasteiger partial charge on any atom is 0.219 e. The molecule has 0 heterocycles. The Kier molecular flexibility index (Phi) is 5.34. The van der Waals surface area contributed by atoms with E-state index >= 15 is 0 Å². The molecule has 1 saturated carbocycles. The van der Waals surface area contributed by atoms with Crippen LogP contribution >= 0.6 is 0 Å². The van der Waals surface area contributed by atoms with Gasteiger partial charge in [-0.25, -0.2) is 0 Å². The molecule has 0 radical (unpaired) electrons. The molecule has 4 nitrogen and oxygen atoms in total. The minimum Gasteiger partial charge on any atom is -0.356 e. The van der Waals surface area contributed by atoms with E-state index in [0.29, 0.717) is 19.4 Å². The van der Waals surface area contributed by atoms with Crippen LogP contribution in [0.1, 0.15) is 54.4 Å². The number of amides is 1. The van der Waals surface area contributed by atoms with Gasteiger partial charge in [0, 0.05) is 25.3 Å². The average Bonchev–Trinajstić information content (AvgIpc) is 2.74. The Hall–Kier alpha value is -1.97. The van der Waals surface area contributed by atoms with Crippen molar-refractivity contribution in [2.45, 2.75) is 52.9 Å². The van der Waals surface area contributed by atoms with Gasteiger partial charge in [0.1, 0.15) is 11.7 Å². The summed E-state index contributed by atoms with van der Waals surface area (Å²) in [6.07, 6.45) is 1.26. The van der Waals surface area contributed by atoms with Gasteiger partial charge in [-0.2, -0.15) is 0 Å². The van der Waals surface area contributed by atoms with Crippen LogP contribution in [0.2, 0.25) is 0 Å². The predicted molar refractivity (Wildman–Crippen MR) is 89.4 cm³/mol. The SMILES string of the molecule is CCC(=O)NCCC1CC(=O)C(c2c(C)cc(C)cc2C)C1=O. The van der Waals surface area contributed by atoms with Crippen molar-refractivity contribution in [1.29, 1.82) is 0 Å². The van der Waals surface area contributed by atoms with Crippen LogP contribution in [0.15, 0.2) is 12.1 Å². The first-order valence-electron chi connectivity index (χ1n) is 8.26. The lowest BCUT2D eigenvalue weighted by Gasteiger charge is -2.16. The van der Waals surface area contributed by atoms with Crippen molar-refractivity contribution in [2.75, 3.05) is 6.54 Å². The molecule has 4 heteroatoms. The fourth-order valence-corrected chi connectivity index (χ4v) is 3.56.